The lowest BCUT2D eigenvalue weighted by Crippen LogP contribution is -2.18. The Labute approximate surface area is 159 Å². The number of rotatable bonds is 8. The zero-order valence-electron chi connectivity index (χ0n) is 14.8. The van der Waals surface area contributed by atoms with Crippen molar-refractivity contribution in [3.63, 3.8) is 0 Å². The second-order valence-electron chi connectivity index (χ2n) is 5.91. The third-order valence-electron chi connectivity index (χ3n) is 3.63. The Kier molecular flexibility index (Phi) is 6.74. The Balaban J connectivity index is 1.79. The van der Waals surface area contributed by atoms with Crippen molar-refractivity contribution in [3.05, 3.63) is 79.9 Å². The summed E-state index contributed by atoms with van der Waals surface area (Å²) in [6.07, 6.45) is 0. The summed E-state index contributed by atoms with van der Waals surface area (Å²) in [6.45, 7) is 1.65. The number of nitrogens with zero attached hydrogens (tertiary/aromatic N) is 2. The predicted molar refractivity (Wildman–Crippen MR) is 95.9 cm³/mol. The Morgan fingerprint density at radius 2 is 1.11 bits per heavy atom. The van der Waals surface area contributed by atoms with Crippen molar-refractivity contribution >= 4 is 23.3 Å². The van der Waals surface area contributed by atoms with Crippen LogP contribution in [0.25, 0.3) is 0 Å². The van der Waals surface area contributed by atoms with Gasteiger partial charge in [0.2, 0.25) is 0 Å². The molecule has 0 aliphatic heterocycles. The molecule has 0 fully saturated rings. The molecule has 0 saturated carbocycles. The standard InChI is InChI=1S/C18H16N2O8/c1-12(10-27-17(21)13-2-6-15(7-3-13)19(23)24)11-28-18(22)14-4-8-16(9-5-14)20(25)26/h2-9,12H,10-11H2,1H3. The minimum Gasteiger partial charge on any atom is -0.462 e. The lowest BCUT2D eigenvalue weighted by molar-refractivity contribution is -0.385. The largest absolute Gasteiger partial charge is 0.462 e. The molecule has 0 bridgehead atoms. The van der Waals surface area contributed by atoms with Crippen LogP contribution in [0, 0.1) is 26.1 Å². The fourth-order valence-electron chi connectivity index (χ4n) is 2.09. The van der Waals surface area contributed by atoms with Crippen LogP contribution in [0.5, 0.6) is 0 Å². The van der Waals surface area contributed by atoms with Gasteiger partial charge in [0.05, 0.1) is 34.2 Å². The summed E-state index contributed by atoms with van der Waals surface area (Å²) in [5.41, 5.74) is 0.0625. The van der Waals surface area contributed by atoms with Gasteiger partial charge in [-0.15, -0.1) is 0 Å². The highest BCUT2D eigenvalue weighted by atomic mass is 16.6. The topological polar surface area (TPSA) is 139 Å². The van der Waals surface area contributed by atoms with Crippen molar-refractivity contribution in [2.75, 3.05) is 13.2 Å². The zero-order valence-corrected chi connectivity index (χ0v) is 14.8. The molecule has 0 aromatic heterocycles. The highest BCUT2D eigenvalue weighted by Crippen LogP contribution is 2.14. The number of carbonyl (C=O) groups excluding carboxylic acids is 2. The summed E-state index contributed by atoms with van der Waals surface area (Å²) in [6, 6.07) is 9.97. The van der Waals surface area contributed by atoms with E-state index in [1.54, 1.807) is 6.92 Å². The molecule has 0 saturated heterocycles. The molecule has 28 heavy (non-hydrogen) atoms. The summed E-state index contributed by atoms with van der Waals surface area (Å²) >= 11 is 0. The first-order chi connectivity index (χ1) is 13.3. The lowest BCUT2D eigenvalue weighted by atomic mass is 10.2. The van der Waals surface area contributed by atoms with E-state index in [0.29, 0.717) is 0 Å². The number of non-ortho nitro benzene ring substituents is 2. The van der Waals surface area contributed by atoms with Crippen LogP contribution in [0.2, 0.25) is 0 Å². The van der Waals surface area contributed by atoms with E-state index >= 15 is 0 Å². The Morgan fingerprint density at radius 3 is 1.39 bits per heavy atom. The number of hydrogen-bond acceptors (Lipinski definition) is 8. The molecule has 2 aromatic carbocycles. The Hall–Kier alpha value is -3.82. The molecule has 2 rings (SSSR count). The molecular weight excluding hydrogens is 372 g/mol. The number of nitro benzene ring substituents is 2. The molecule has 0 spiro atoms. The van der Waals surface area contributed by atoms with Gasteiger partial charge in [0.1, 0.15) is 0 Å². The molecule has 0 atom stereocenters. The molecule has 0 radical (unpaired) electrons. The smallest absolute Gasteiger partial charge is 0.338 e. The molecule has 0 unspecified atom stereocenters. The lowest BCUT2D eigenvalue weighted by Gasteiger charge is -2.12. The first kappa shape index (κ1) is 20.5. The molecule has 0 N–H and O–H groups in total. The maximum Gasteiger partial charge on any atom is 0.338 e. The molecule has 0 aliphatic carbocycles. The van der Waals surface area contributed by atoms with Gasteiger partial charge in [-0.1, -0.05) is 6.92 Å². The van der Waals surface area contributed by atoms with Gasteiger partial charge in [-0.2, -0.15) is 0 Å². The number of ether oxygens (including phenoxy) is 2. The van der Waals surface area contributed by atoms with E-state index in [4.69, 9.17) is 9.47 Å². The van der Waals surface area contributed by atoms with Crippen LogP contribution in [0.3, 0.4) is 0 Å². The molecule has 146 valence electrons. The molecule has 10 heteroatoms. The molecular formula is C18H16N2O8. The number of hydrogen-bond donors (Lipinski definition) is 0. The summed E-state index contributed by atoms with van der Waals surface area (Å²) < 4.78 is 10.2. The SMILES string of the molecule is CC(COC(=O)c1ccc([N+](=O)[O-])cc1)COC(=O)c1ccc([N+](=O)[O-])cc1. The van der Waals surface area contributed by atoms with Crippen LogP contribution in [0.15, 0.2) is 48.5 Å². The quantitative estimate of drug-likeness (QED) is 0.382. The summed E-state index contributed by atoms with van der Waals surface area (Å²) in [5.74, 6) is -1.60. The van der Waals surface area contributed by atoms with E-state index in [9.17, 15) is 29.8 Å². The van der Waals surface area contributed by atoms with Gasteiger partial charge >= 0.3 is 11.9 Å². The third-order valence-corrected chi connectivity index (χ3v) is 3.63. The van der Waals surface area contributed by atoms with Gasteiger partial charge in [0.15, 0.2) is 0 Å². The Morgan fingerprint density at radius 1 is 0.786 bits per heavy atom. The number of benzene rings is 2. The number of nitro groups is 2. The first-order valence-electron chi connectivity index (χ1n) is 8.11. The van der Waals surface area contributed by atoms with Crippen molar-refractivity contribution in [2.45, 2.75) is 6.92 Å². The molecule has 10 nitrogen and oxygen atoms in total. The van der Waals surface area contributed by atoms with E-state index in [-0.39, 0.29) is 41.6 Å². The maximum atomic E-state index is 11.9. The van der Waals surface area contributed by atoms with Crippen LogP contribution >= 0.6 is 0 Å². The summed E-state index contributed by atoms with van der Waals surface area (Å²) in [4.78, 5) is 43.9. The zero-order chi connectivity index (χ0) is 20.7. The van der Waals surface area contributed by atoms with Gasteiger partial charge in [-0.3, -0.25) is 20.2 Å². The highest BCUT2D eigenvalue weighted by molar-refractivity contribution is 5.90. The normalized spacial score (nSPS) is 10.4. The van der Waals surface area contributed by atoms with Crippen LogP contribution in [-0.2, 0) is 9.47 Å². The van der Waals surface area contributed by atoms with Crippen LogP contribution in [-0.4, -0.2) is 35.0 Å². The monoisotopic (exact) mass is 388 g/mol. The van der Waals surface area contributed by atoms with Crippen molar-refractivity contribution in [3.8, 4) is 0 Å². The van der Waals surface area contributed by atoms with E-state index in [2.05, 4.69) is 0 Å². The summed E-state index contributed by atoms with van der Waals surface area (Å²) in [5, 5.41) is 21.2. The van der Waals surface area contributed by atoms with Crippen molar-refractivity contribution < 1.29 is 28.9 Å². The second kappa shape index (κ2) is 9.21. The van der Waals surface area contributed by atoms with E-state index in [1.165, 1.54) is 48.5 Å². The minimum atomic E-state index is -0.650. The highest BCUT2D eigenvalue weighted by Gasteiger charge is 2.15. The van der Waals surface area contributed by atoms with E-state index < -0.39 is 21.8 Å². The van der Waals surface area contributed by atoms with Gasteiger partial charge in [0.25, 0.3) is 11.4 Å². The van der Waals surface area contributed by atoms with Crippen molar-refractivity contribution in [1.29, 1.82) is 0 Å². The van der Waals surface area contributed by atoms with Gasteiger partial charge < -0.3 is 9.47 Å². The van der Waals surface area contributed by atoms with E-state index in [0.717, 1.165) is 0 Å². The molecule has 0 heterocycles. The average Bonchev–Trinajstić information content (AvgIpc) is 2.70. The fraction of sp³-hybridized carbons (Fsp3) is 0.222. The average molecular weight is 388 g/mol. The van der Waals surface area contributed by atoms with Crippen LogP contribution < -0.4 is 0 Å². The minimum absolute atomic E-state index is 0.0244. The molecule has 0 amide bonds. The molecule has 0 aliphatic rings. The second-order valence-corrected chi connectivity index (χ2v) is 5.91. The van der Waals surface area contributed by atoms with Crippen molar-refractivity contribution in [2.24, 2.45) is 5.92 Å². The Bertz CT molecular complexity index is 804. The van der Waals surface area contributed by atoms with E-state index in [1.807, 2.05) is 0 Å². The number of carbonyl (C=O) groups is 2. The summed E-state index contributed by atoms with van der Waals surface area (Å²) in [7, 11) is 0. The predicted octanol–water partition coefficient (Wildman–Crippen LogP) is 3.15. The maximum absolute atomic E-state index is 11.9. The molecule has 2 aromatic rings. The van der Waals surface area contributed by atoms with Gasteiger partial charge in [-0.25, -0.2) is 9.59 Å². The first-order valence-corrected chi connectivity index (χ1v) is 8.11. The van der Waals surface area contributed by atoms with Crippen molar-refractivity contribution in [1.82, 2.24) is 0 Å². The fourth-order valence-corrected chi connectivity index (χ4v) is 2.09. The third kappa shape index (κ3) is 5.59. The van der Waals surface area contributed by atoms with Gasteiger partial charge in [0, 0.05) is 30.2 Å². The van der Waals surface area contributed by atoms with Gasteiger partial charge in [-0.05, 0) is 24.3 Å². The number of esters is 2. The van der Waals surface area contributed by atoms with Crippen LogP contribution in [0.4, 0.5) is 11.4 Å². The van der Waals surface area contributed by atoms with Crippen LogP contribution in [0.1, 0.15) is 27.6 Å².